The highest BCUT2D eigenvalue weighted by Gasteiger charge is 2.20. The van der Waals surface area contributed by atoms with Crippen molar-refractivity contribution in [3.63, 3.8) is 0 Å². The van der Waals surface area contributed by atoms with Crippen LogP contribution in [-0.2, 0) is 4.79 Å². The topological polar surface area (TPSA) is 59.2 Å². The molecule has 18 heavy (non-hydrogen) atoms. The maximum Gasteiger partial charge on any atom is 0.232 e. The van der Waals surface area contributed by atoms with Gasteiger partial charge in [-0.1, -0.05) is 6.92 Å². The van der Waals surface area contributed by atoms with Crippen molar-refractivity contribution >= 4 is 17.7 Å². The van der Waals surface area contributed by atoms with Gasteiger partial charge < -0.3 is 10.6 Å². The summed E-state index contributed by atoms with van der Waals surface area (Å²) in [7, 11) is 3.54. The second-order valence-corrected chi connectivity index (χ2v) is 5.50. The lowest BCUT2D eigenvalue weighted by Crippen LogP contribution is -2.29. The zero-order chi connectivity index (χ0) is 13.5. The Hall–Kier alpha value is -1.07. The van der Waals surface area contributed by atoms with Crippen LogP contribution >= 0.6 is 11.8 Å². The summed E-state index contributed by atoms with van der Waals surface area (Å²) in [5, 5.41) is 0.141. The fraction of sp³-hybridized carbons (Fsp3) is 0.538. The van der Waals surface area contributed by atoms with E-state index in [9.17, 15) is 4.79 Å². The molecule has 0 saturated carbocycles. The predicted octanol–water partition coefficient (Wildman–Crippen LogP) is 1.68. The molecule has 0 aliphatic rings. The van der Waals surface area contributed by atoms with Gasteiger partial charge >= 0.3 is 0 Å². The van der Waals surface area contributed by atoms with Gasteiger partial charge in [0.1, 0.15) is 0 Å². The molecule has 0 fully saturated rings. The average Bonchev–Trinajstić information content (AvgIpc) is 2.39. The van der Waals surface area contributed by atoms with Crippen LogP contribution in [0.15, 0.2) is 24.5 Å². The van der Waals surface area contributed by atoms with E-state index in [1.54, 1.807) is 43.2 Å². The van der Waals surface area contributed by atoms with Gasteiger partial charge in [0.25, 0.3) is 0 Å². The van der Waals surface area contributed by atoms with Crippen molar-refractivity contribution in [1.29, 1.82) is 0 Å². The molecule has 100 valence electrons. The van der Waals surface area contributed by atoms with Crippen LogP contribution in [0, 0.1) is 0 Å². The summed E-state index contributed by atoms with van der Waals surface area (Å²) in [4.78, 5) is 17.3. The number of pyridine rings is 1. The third-order valence-electron chi connectivity index (χ3n) is 2.78. The molecule has 2 atom stereocenters. The smallest absolute Gasteiger partial charge is 0.232 e. The number of hydrogen-bond donors (Lipinski definition) is 1. The Morgan fingerprint density at radius 2 is 2.06 bits per heavy atom. The summed E-state index contributed by atoms with van der Waals surface area (Å²) in [6.45, 7) is 2.06. The first-order chi connectivity index (χ1) is 8.56. The van der Waals surface area contributed by atoms with Crippen molar-refractivity contribution in [3.05, 3.63) is 30.1 Å². The van der Waals surface area contributed by atoms with Crippen molar-refractivity contribution in [2.45, 2.75) is 24.6 Å². The summed E-state index contributed by atoms with van der Waals surface area (Å²) < 4.78 is 0. The van der Waals surface area contributed by atoms with E-state index in [-0.39, 0.29) is 17.2 Å². The second-order valence-electron chi connectivity index (χ2n) is 4.37. The van der Waals surface area contributed by atoms with Gasteiger partial charge in [0.15, 0.2) is 0 Å². The normalized spacial score (nSPS) is 14.0. The third kappa shape index (κ3) is 4.31. The van der Waals surface area contributed by atoms with Crippen LogP contribution in [-0.4, -0.2) is 41.7 Å². The summed E-state index contributed by atoms with van der Waals surface area (Å²) in [5.41, 5.74) is 7.28. The maximum absolute atomic E-state index is 11.6. The fourth-order valence-electron chi connectivity index (χ4n) is 1.52. The minimum Gasteiger partial charge on any atom is -0.348 e. The van der Waals surface area contributed by atoms with E-state index in [2.05, 4.69) is 11.9 Å². The lowest BCUT2D eigenvalue weighted by Gasteiger charge is -2.23. The molecule has 1 amide bonds. The Bertz CT molecular complexity index is 370. The molecular formula is C13H21N3OS. The fourth-order valence-corrected chi connectivity index (χ4v) is 2.89. The highest BCUT2D eigenvalue weighted by molar-refractivity contribution is 8.00. The lowest BCUT2D eigenvalue weighted by molar-refractivity contribution is -0.125. The minimum atomic E-state index is 0.0485. The number of carbonyl (C=O) groups is 1. The van der Waals surface area contributed by atoms with E-state index in [0.29, 0.717) is 5.75 Å². The molecule has 2 unspecified atom stereocenters. The minimum absolute atomic E-state index is 0.0485. The Balaban J connectivity index is 2.71. The number of carbonyl (C=O) groups excluding carboxylic acids is 1. The van der Waals surface area contributed by atoms with E-state index < -0.39 is 0 Å². The van der Waals surface area contributed by atoms with Crippen LogP contribution < -0.4 is 5.73 Å². The molecule has 4 nitrogen and oxygen atoms in total. The number of thioether (sulfide) groups is 1. The Morgan fingerprint density at radius 3 is 2.56 bits per heavy atom. The molecule has 1 heterocycles. The molecule has 5 heteroatoms. The number of nitrogens with two attached hydrogens (primary N) is 1. The van der Waals surface area contributed by atoms with Crippen molar-refractivity contribution in [2.75, 3.05) is 19.8 Å². The molecule has 0 spiro atoms. The molecule has 0 saturated heterocycles. The molecule has 1 rings (SSSR count). The highest BCUT2D eigenvalue weighted by Crippen LogP contribution is 2.32. The molecule has 0 aliphatic heterocycles. The first kappa shape index (κ1) is 15.0. The molecule has 1 aromatic heterocycles. The van der Waals surface area contributed by atoms with Crippen LogP contribution in [0.25, 0.3) is 0 Å². The van der Waals surface area contributed by atoms with Gasteiger partial charge in [0.2, 0.25) is 5.91 Å². The van der Waals surface area contributed by atoms with Gasteiger partial charge in [0, 0.05) is 37.8 Å². The van der Waals surface area contributed by atoms with Gasteiger partial charge in [0.05, 0.1) is 5.75 Å². The van der Waals surface area contributed by atoms with E-state index in [0.717, 1.165) is 12.0 Å². The van der Waals surface area contributed by atoms with Crippen molar-refractivity contribution in [2.24, 2.45) is 5.73 Å². The number of rotatable bonds is 6. The maximum atomic E-state index is 11.6. The quantitative estimate of drug-likeness (QED) is 0.852. The summed E-state index contributed by atoms with van der Waals surface area (Å²) in [6.07, 6.45) is 4.41. The molecule has 0 radical (unpaired) electrons. The average molecular weight is 267 g/mol. The van der Waals surface area contributed by atoms with E-state index in [4.69, 9.17) is 5.73 Å². The number of hydrogen-bond acceptors (Lipinski definition) is 4. The Labute approximate surface area is 113 Å². The molecule has 0 bridgehead atoms. The zero-order valence-corrected chi connectivity index (χ0v) is 12.0. The Kier molecular flexibility index (Phi) is 6.15. The zero-order valence-electron chi connectivity index (χ0n) is 11.2. The Morgan fingerprint density at radius 1 is 1.44 bits per heavy atom. The summed E-state index contributed by atoms with van der Waals surface area (Å²) in [6, 6.07) is 3.98. The standard InChI is InChI=1S/C13H21N3OS/c1-4-11(14)13(10-5-7-15-8-6-10)18-9-12(17)16(2)3/h5-8,11,13H,4,9,14H2,1-3H3. The number of aromatic nitrogens is 1. The van der Waals surface area contributed by atoms with Crippen molar-refractivity contribution < 1.29 is 4.79 Å². The summed E-state index contributed by atoms with van der Waals surface area (Å²) in [5.74, 6) is 0.565. The van der Waals surface area contributed by atoms with Crippen LogP contribution in [0.3, 0.4) is 0 Å². The molecule has 0 aliphatic carbocycles. The van der Waals surface area contributed by atoms with Gasteiger partial charge in [-0.05, 0) is 24.1 Å². The van der Waals surface area contributed by atoms with Crippen LogP contribution in [0.5, 0.6) is 0 Å². The van der Waals surface area contributed by atoms with Crippen molar-refractivity contribution in [3.8, 4) is 0 Å². The molecule has 2 N–H and O–H groups in total. The van der Waals surface area contributed by atoms with E-state index >= 15 is 0 Å². The third-order valence-corrected chi connectivity index (χ3v) is 4.17. The van der Waals surface area contributed by atoms with Gasteiger partial charge in [-0.15, -0.1) is 11.8 Å². The number of nitrogens with zero attached hydrogens (tertiary/aromatic N) is 2. The SMILES string of the molecule is CCC(N)C(SCC(=O)N(C)C)c1ccncc1. The van der Waals surface area contributed by atoms with Crippen LogP contribution in [0.2, 0.25) is 0 Å². The van der Waals surface area contributed by atoms with Crippen molar-refractivity contribution in [1.82, 2.24) is 9.88 Å². The second kappa shape index (κ2) is 7.38. The summed E-state index contributed by atoms with van der Waals surface area (Å²) >= 11 is 1.60. The van der Waals surface area contributed by atoms with E-state index in [1.807, 2.05) is 12.1 Å². The van der Waals surface area contributed by atoms with Crippen LogP contribution in [0.1, 0.15) is 24.2 Å². The van der Waals surface area contributed by atoms with Crippen LogP contribution in [0.4, 0.5) is 0 Å². The van der Waals surface area contributed by atoms with Gasteiger partial charge in [-0.2, -0.15) is 0 Å². The molecule has 0 aromatic carbocycles. The lowest BCUT2D eigenvalue weighted by atomic mass is 10.1. The molecular weight excluding hydrogens is 246 g/mol. The molecule has 1 aromatic rings. The predicted molar refractivity (Wildman–Crippen MR) is 76.4 cm³/mol. The van der Waals surface area contributed by atoms with Gasteiger partial charge in [-0.25, -0.2) is 0 Å². The number of amides is 1. The first-order valence-corrected chi connectivity index (χ1v) is 7.08. The largest absolute Gasteiger partial charge is 0.348 e. The van der Waals surface area contributed by atoms with E-state index in [1.165, 1.54) is 0 Å². The monoisotopic (exact) mass is 267 g/mol. The first-order valence-electron chi connectivity index (χ1n) is 6.03. The van der Waals surface area contributed by atoms with Gasteiger partial charge in [-0.3, -0.25) is 9.78 Å². The highest BCUT2D eigenvalue weighted by atomic mass is 32.2.